The van der Waals surface area contributed by atoms with Crippen molar-refractivity contribution in [2.45, 2.75) is 54.1 Å². The molecular weight excluding hydrogens is 294 g/mol. The molecular formula is C18H23NS2. The predicted octanol–water partition coefficient (Wildman–Crippen LogP) is 4.88. The van der Waals surface area contributed by atoms with Gasteiger partial charge in [-0.3, -0.25) is 0 Å². The van der Waals surface area contributed by atoms with Crippen LogP contribution in [0.15, 0.2) is 24.3 Å². The maximum absolute atomic E-state index is 4.02. The molecule has 5 rings (SSSR count). The first-order valence-electron chi connectivity index (χ1n) is 8.49. The summed E-state index contributed by atoms with van der Waals surface area (Å²) in [5, 5.41) is 4.02. The van der Waals surface area contributed by atoms with Crippen LogP contribution in [-0.2, 0) is 5.41 Å². The SMILES string of the molecule is c1ccc2c(c1)NC1C3(CCC4CCCCC241)SCCS3. The molecule has 112 valence electrons. The van der Waals surface area contributed by atoms with Crippen LogP contribution in [-0.4, -0.2) is 21.6 Å². The molecule has 2 heterocycles. The van der Waals surface area contributed by atoms with Crippen molar-refractivity contribution >= 4 is 29.2 Å². The van der Waals surface area contributed by atoms with E-state index in [0.29, 0.717) is 15.5 Å². The number of benzene rings is 1. The zero-order chi connectivity index (χ0) is 13.9. The second-order valence-electron chi connectivity index (χ2n) is 7.15. The summed E-state index contributed by atoms with van der Waals surface area (Å²) in [6.07, 6.45) is 8.61. The van der Waals surface area contributed by atoms with Crippen LogP contribution < -0.4 is 5.32 Å². The number of thioether (sulfide) groups is 2. The predicted molar refractivity (Wildman–Crippen MR) is 94.4 cm³/mol. The molecule has 1 saturated heterocycles. The van der Waals surface area contributed by atoms with Crippen molar-refractivity contribution in [1.82, 2.24) is 0 Å². The lowest BCUT2D eigenvalue weighted by Gasteiger charge is -2.55. The minimum absolute atomic E-state index is 0.442. The van der Waals surface area contributed by atoms with Gasteiger partial charge in [0.25, 0.3) is 0 Å². The molecule has 0 radical (unpaired) electrons. The molecule has 2 aliphatic heterocycles. The smallest absolute Gasteiger partial charge is 0.0820 e. The van der Waals surface area contributed by atoms with E-state index in [9.17, 15) is 0 Å². The summed E-state index contributed by atoms with van der Waals surface area (Å²) in [5.74, 6) is 3.61. The van der Waals surface area contributed by atoms with Crippen LogP contribution in [0.4, 0.5) is 5.69 Å². The van der Waals surface area contributed by atoms with Crippen molar-refractivity contribution in [3.63, 3.8) is 0 Å². The Hall–Kier alpha value is -0.280. The molecule has 2 spiro atoms. The third kappa shape index (κ3) is 1.63. The zero-order valence-corrected chi connectivity index (χ0v) is 14.1. The second kappa shape index (κ2) is 4.61. The average Bonchev–Trinajstić information content (AvgIpc) is 3.12. The normalized spacial score (nSPS) is 39.4. The number of rotatable bonds is 0. The Morgan fingerprint density at radius 3 is 2.76 bits per heavy atom. The lowest BCUT2D eigenvalue weighted by molar-refractivity contribution is 0.116. The highest BCUT2D eigenvalue weighted by atomic mass is 32.2. The Morgan fingerprint density at radius 1 is 1.00 bits per heavy atom. The van der Waals surface area contributed by atoms with Gasteiger partial charge in [-0.1, -0.05) is 31.0 Å². The lowest BCUT2D eigenvalue weighted by atomic mass is 9.55. The quantitative estimate of drug-likeness (QED) is 0.732. The molecule has 4 aliphatic rings. The van der Waals surface area contributed by atoms with E-state index in [4.69, 9.17) is 0 Å². The van der Waals surface area contributed by atoms with E-state index in [-0.39, 0.29) is 0 Å². The number of hydrogen-bond acceptors (Lipinski definition) is 3. The molecule has 2 aliphatic carbocycles. The third-order valence-electron chi connectivity index (χ3n) is 6.42. The molecule has 2 saturated carbocycles. The van der Waals surface area contributed by atoms with E-state index < -0.39 is 0 Å². The Bertz CT molecular complexity index is 566. The van der Waals surface area contributed by atoms with Crippen LogP contribution in [0.3, 0.4) is 0 Å². The highest BCUT2D eigenvalue weighted by molar-refractivity contribution is 8.21. The van der Waals surface area contributed by atoms with Crippen molar-refractivity contribution in [2.24, 2.45) is 5.92 Å². The zero-order valence-electron chi connectivity index (χ0n) is 12.4. The summed E-state index contributed by atoms with van der Waals surface area (Å²) >= 11 is 4.53. The van der Waals surface area contributed by atoms with Crippen LogP contribution in [0.2, 0.25) is 0 Å². The van der Waals surface area contributed by atoms with Gasteiger partial charge in [-0.15, -0.1) is 23.5 Å². The standard InChI is InChI=1S/C18H23NS2/c1-2-7-15-14(6-1)17-9-4-3-5-13(17)8-10-18(16(17)19-15)20-11-12-21-18/h1-2,6-7,13,16,19H,3-5,8-12H2. The van der Waals surface area contributed by atoms with Gasteiger partial charge in [0.1, 0.15) is 0 Å². The fourth-order valence-electron chi connectivity index (χ4n) is 5.66. The van der Waals surface area contributed by atoms with E-state index in [1.165, 1.54) is 55.7 Å². The summed E-state index contributed by atoms with van der Waals surface area (Å²) in [5.41, 5.74) is 3.55. The average molecular weight is 318 g/mol. The Labute approximate surface area is 136 Å². The van der Waals surface area contributed by atoms with E-state index >= 15 is 0 Å². The molecule has 1 aromatic rings. The molecule has 0 bridgehead atoms. The molecule has 3 atom stereocenters. The molecule has 1 nitrogen and oxygen atoms in total. The van der Waals surface area contributed by atoms with Crippen LogP contribution >= 0.6 is 23.5 Å². The summed E-state index contributed by atoms with van der Waals surface area (Å²) in [6.45, 7) is 0. The first-order chi connectivity index (χ1) is 10.4. The minimum Gasteiger partial charge on any atom is -0.379 e. The van der Waals surface area contributed by atoms with Gasteiger partial charge in [-0.25, -0.2) is 0 Å². The number of nitrogens with one attached hydrogen (secondary N) is 1. The maximum atomic E-state index is 4.02. The molecule has 21 heavy (non-hydrogen) atoms. The number of fused-ring (bicyclic) bond motifs is 2. The minimum atomic E-state index is 0.442. The Kier molecular flexibility index (Phi) is 2.89. The lowest BCUT2D eigenvalue weighted by Crippen LogP contribution is -2.59. The maximum Gasteiger partial charge on any atom is 0.0820 e. The van der Waals surface area contributed by atoms with Crippen LogP contribution in [0, 0.1) is 5.92 Å². The molecule has 1 N–H and O–H groups in total. The van der Waals surface area contributed by atoms with Gasteiger partial charge in [0.05, 0.1) is 10.1 Å². The van der Waals surface area contributed by atoms with Gasteiger partial charge in [-0.05, 0) is 43.2 Å². The summed E-state index contributed by atoms with van der Waals surface area (Å²) in [4.78, 5) is 0. The fourth-order valence-corrected chi connectivity index (χ4v) is 9.25. The molecule has 3 fully saturated rings. The first-order valence-corrected chi connectivity index (χ1v) is 10.5. The summed E-state index contributed by atoms with van der Waals surface area (Å²) < 4.78 is 0.451. The molecule has 1 aromatic carbocycles. The Balaban J connectivity index is 1.69. The van der Waals surface area contributed by atoms with Crippen molar-refractivity contribution < 1.29 is 0 Å². The third-order valence-corrected chi connectivity index (χ3v) is 10.1. The highest BCUT2D eigenvalue weighted by Gasteiger charge is 2.63. The first kappa shape index (κ1) is 13.2. The molecule has 3 heteroatoms. The van der Waals surface area contributed by atoms with Gasteiger partial charge >= 0.3 is 0 Å². The van der Waals surface area contributed by atoms with Crippen LogP contribution in [0.5, 0.6) is 0 Å². The number of anilines is 1. The number of para-hydroxylation sites is 1. The molecule has 3 unspecified atom stereocenters. The monoisotopic (exact) mass is 317 g/mol. The molecule has 0 aromatic heterocycles. The topological polar surface area (TPSA) is 12.0 Å². The van der Waals surface area contributed by atoms with Crippen LogP contribution in [0.1, 0.15) is 44.1 Å². The number of hydrogen-bond donors (Lipinski definition) is 1. The summed E-state index contributed by atoms with van der Waals surface area (Å²) in [6, 6.07) is 9.90. The van der Waals surface area contributed by atoms with Crippen LogP contribution in [0.25, 0.3) is 0 Å². The van der Waals surface area contributed by atoms with E-state index in [1.807, 2.05) is 0 Å². The van der Waals surface area contributed by atoms with Gasteiger partial charge in [-0.2, -0.15) is 0 Å². The van der Waals surface area contributed by atoms with Gasteiger partial charge < -0.3 is 5.32 Å². The van der Waals surface area contributed by atoms with E-state index in [0.717, 1.165) is 5.92 Å². The largest absolute Gasteiger partial charge is 0.379 e. The second-order valence-corrected chi connectivity index (χ2v) is 10.3. The van der Waals surface area contributed by atoms with Crippen molar-refractivity contribution in [2.75, 3.05) is 16.8 Å². The van der Waals surface area contributed by atoms with Crippen molar-refractivity contribution in [3.8, 4) is 0 Å². The Morgan fingerprint density at radius 2 is 1.86 bits per heavy atom. The van der Waals surface area contributed by atoms with E-state index in [2.05, 4.69) is 53.1 Å². The van der Waals surface area contributed by atoms with Crippen molar-refractivity contribution in [1.29, 1.82) is 0 Å². The van der Waals surface area contributed by atoms with Gasteiger partial charge in [0.2, 0.25) is 0 Å². The highest BCUT2D eigenvalue weighted by Crippen LogP contribution is 2.66. The fraction of sp³-hybridized carbons (Fsp3) is 0.667. The van der Waals surface area contributed by atoms with Gasteiger partial charge in [0, 0.05) is 22.6 Å². The molecule has 0 amide bonds. The van der Waals surface area contributed by atoms with Gasteiger partial charge in [0.15, 0.2) is 0 Å². The van der Waals surface area contributed by atoms with E-state index in [1.54, 1.807) is 5.56 Å². The summed E-state index contributed by atoms with van der Waals surface area (Å²) in [7, 11) is 0. The van der Waals surface area contributed by atoms with Crippen molar-refractivity contribution in [3.05, 3.63) is 29.8 Å².